The molecule has 6 heteroatoms. The van der Waals surface area contributed by atoms with Crippen molar-refractivity contribution >= 4 is 25.8 Å². The summed E-state index contributed by atoms with van der Waals surface area (Å²) in [6.45, 7) is 5.19. The van der Waals surface area contributed by atoms with Gasteiger partial charge in [0.1, 0.15) is 15.6 Å². The first kappa shape index (κ1) is 16.5. The molecule has 0 aliphatic carbocycles. The Labute approximate surface area is 123 Å². The summed E-state index contributed by atoms with van der Waals surface area (Å²) in [5, 5.41) is 3.19. The number of nitrogens with one attached hydrogen (secondary N) is 1. The van der Waals surface area contributed by atoms with Crippen molar-refractivity contribution in [3.05, 3.63) is 28.2 Å². The number of hydrogen-bond acceptors (Lipinski definition) is 4. The molecule has 0 saturated carbocycles. The minimum Gasteiger partial charge on any atom is -0.493 e. The molecule has 108 valence electrons. The van der Waals surface area contributed by atoms with Crippen LogP contribution in [-0.4, -0.2) is 33.6 Å². The Morgan fingerprint density at radius 1 is 1.37 bits per heavy atom. The van der Waals surface area contributed by atoms with Gasteiger partial charge in [-0.05, 0) is 47.1 Å². The van der Waals surface area contributed by atoms with E-state index in [4.69, 9.17) is 4.74 Å². The van der Waals surface area contributed by atoms with Gasteiger partial charge in [0.2, 0.25) is 0 Å². The quantitative estimate of drug-likeness (QED) is 0.821. The van der Waals surface area contributed by atoms with Crippen LogP contribution < -0.4 is 10.1 Å². The maximum atomic E-state index is 11.5. The minimum absolute atomic E-state index is 0.0846. The zero-order valence-electron chi connectivity index (χ0n) is 11.4. The number of sulfone groups is 1. The molecule has 0 radical (unpaired) electrons. The maximum Gasteiger partial charge on any atom is 0.149 e. The normalized spacial score (nSPS) is 13.3. The van der Waals surface area contributed by atoms with E-state index in [1.807, 2.05) is 32.0 Å². The van der Waals surface area contributed by atoms with E-state index >= 15 is 0 Å². The Hall–Kier alpha value is -0.590. The Balaban J connectivity index is 2.99. The molecular formula is C13H20BrNO3S. The van der Waals surface area contributed by atoms with Gasteiger partial charge >= 0.3 is 0 Å². The smallest absolute Gasteiger partial charge is 0.149 e. The molecule has 0 saturated heterocycles. The maximum absolute atomic E-state index is 11.5. The SMILES string of the molecule is CCNC(CS(C)(=O)=O)c1ccc(OCC)c(Br)c1. The molecular weight excluding hydrogens is 330 g/mol. The second-order valence-corrected chi connectivity index (χ2v) is 7.36. The molecule has 1 atom stereocenters. The summed E-state index contributed by atoms with van der Waals surface area (Å²) in [6.07, 6.45) is 1.25. The fourth-order valence-corrected chi connectivity index (χ4v) is 3.26. The molecule has 1 N–H and O–H groups in total. The second-order valence-electron chi connectivity index (χ2n) is 4.33. The van der Waals surface area contributed by atoms with Gasteiger partial charge in [0.15, 0.2) is 0 Å². The third-order valence-electron chi connectivity index (χ3n) is 2.58. The Kier molecular flexibility index (Phi) is 6.29. The molecule has 0 bridgehead atoms. The van der Waals surface area contributed by atoms with E-state index in [1.165, 1.54) is 6.26 Å². The highest BCUT2D eigenvalue weighted by Crippen LogP contribution is 2.28. The standard InChI is InChI=1S/C13H20BrNO3S/c1-4-15-12(9-19(3,16)17)10-6-7-13(18-5-2)11(14)8-10/h6-8,12,15H,4-5,9H2,1-3H3. The van der Waals surface area contributed by atoms with Crippen LogP contribution in [0.5, 0.6) is 5.75 Å². The monoisotopic (exact) mass is 349 g/mol. The van der Waals surface area contributed by atoms with Crippen molar-refractivity contribution in [1.29, 1.82) is 0 Å². The van der Waals surface area contributed by atoms with E-state index in [1.54, 1.807) is 0 Å². The van der Waals surface area contributed by atoms with Gasteiger partial charge in [-0.25, -0.2) is 8.42 Å². The zero-order valence-corrected chi connectivity index (χ0v) is 13.8. The minimum atomic E-state index is -3.04. The lowest BCUT2D eigenvalue weighted by Gasteiger charge is -2.18. The van der Waals surface area contributed by atoms with Crippen molar-refractivity contribution in [2.45, 2.75) is 19.9 Å². The van der Waals surface area contributed by atoms with Gasteiger partial charge in [0.25, 0.3) is 0 Å². The average molecular weight is 350 g/mol. The largest absolute Gasteiger partial charge is 0.493 e. The van der Waals surface area contributed by atoms with Crippen molar-refractivity contribution in [2.24, 2.45) is 0 Å². The second kappa shape index (κ2) is 7.26. The number of benzene rings is 1. The third kappa shape index (κ3) is 5.50. The summed E-state index contributed by atoms with van der Waals surface area (Å²) in [5.41, 5.74) is 0.933. The van der Waals surface area contributed by atoms with Crippen molar-refractivity contribution in [2.75, 3.05) is 25.2 Å². The molecule has 1 unspecified atom stereocenters. The molecule has 0 aliphatic rings. The van der Waals surface area contributed by atoms with E-state index in [0.29, 0.717) is 13.2 Å². The summed E-state index contributed by atoms with van der Waals surface area (Å²) < 4.78 is 29.2. The molecule has 1 rings (SSSR count). The van der Waals surface area contributed by atoms with Crippen LogP contribution in [0, 0.1) is 0 Å². The summed E-state index contributed by atoms with van der Waals surface area (Å²) in [7, 11) is -3.04. The molecule has 0 fully saturated rings. The highest BCUT2D eigenvalue weighted by atomic mass is 79.9. The summed E-state index contributed by atoms with van der Waals surface area (Å²) >= 11 is 3.44. The molecule has 0 aromatic heterocycles. The molecule has 4 nitrogen and oxygen atoms in total. The van der Waals surface area contributed by atoms with Gasteiger partial charge in [-0.1, -0.05) is 13.0 Å². The van der Waals surface area contributed by atoms with E-state index in [2.05, 4.69) is 21.2 Å². The van der Waals surface area contributed by atoms with Crippen LogP contribution in [0.1, 0.15) is 25.5 Å². The predicted octanol–water partition coefficient (Wildman–Crippen LogP) is 2.54. The summed E-state index contributed by atoms with van der Waals surface area (Å²) in [4.78, 5) is 0. The zero-order chi connectivity index (χ0) is 14.5. The molecule has 0 heterocycles. The van der Waals surface area contributed by atoms with Crippen LogP contribution in [0.15, 0.2) is 22.7 Å². The average Bonchev–Trinajstić information content (AvgIpc) is 2.30. The Morgan fingerprint density at radius 3 is 2.53 bits per heavy atom. The fraction of sp³-hybridized carbons (Fsp3) is 0.538. The van der Waals surface area contributed by atoms with Gasteiger partial charge in [-0.2, -0.15) is 0 Å². The Morgan fingerprint density at radius 2 is 2.05 bits per heavy atom. The Bertz CT molecular complexity index is 517. The molecule has 0 spiro atoms. The van der Waals surface area contributed by atoms with Gasteiger partial charge < -0.3 is 10.1 Å². The van der Waals surface area contributed by atoms with Crippen LogP contribution in [0.2, 0.25) is 0 Å². The van der Waals surface area contributed by atoms with Gasteiger partial charge in [0, 0.05) is 12.3 Å². The third-order valence-corrected chi connectivity index (χ3v) is 4.14. The van der Waals surface area contributed by atoms with E-state index in [9.17, 15) is 8.42 Å². The van der Waals surface area contributed by atoms with Crippen LogP contribution in [0.3, 0.4) is 0 Å². The molecule has 19 heavy (non-hydrogen) atoms. The number of halogens is 1. The summed E-state index contributed by atoms with van der Waals surface area (Å²) in [5.74, 6) is 0.849. The van der Waals surface area contributed by atoms with Crippen molar-refractivity contribution in [3.63, 3.8) is 0 Å². The number of ether oxygens (including phenoxy) is 1. The first-order chi connectivity index (χ1) is 8.87. The van der Waals surface area contributed by atoms with Crippen molar-refractivity contribution < 1.29 is 13.2 Å². The predicted molar refractivity (Wildman–Crippen MR) is 81.4 cm³/mol. The van der Waals surface area contributed by atoms with Gasteiger partial charge in [-0.3, -0.25) is 0 Å². The lowest BCUT2D eigenvalue weighted by atomic mass is 10.1. The first-order valence-electron chi connectivity index (χ1n) is 6.20. The van der Waals surface area contributed by atoms with Gasteiger partial charge in [-0.15, -0.1) is 0 Å². The van der Waals surface area contributed by atoms with Crippen LogP contribution in [0.25, 0.3) is 0 Å². The van der Waals surface area contributed by atoms with E-state index < -0.39 is 9.84 Å². The molecule has 1 aromatic carbocycles. The summed E-state index contributed by atoms with van der Waals surface area (Å²) in [6, 6.07) is 5.46. The molecule has 0 amide bonds. The van der Waals surface area contributed by atoms with Crippen molar-refractivity contribution in [1.82, 2.24) is 5.32 Å². The number of rotatable bonds is 7. The van der Waals surface area contributed by atoms with E-state index in [-0.39, 0.29) is 11.8 Å². The van der Waals surface area contributed by atoms with Crippen molar-refractivity contribution in [3.8, 4) is 5.75 Å². The molecule has 1 aromatic rings. The number of hydrogen-bond donors (Lipinski definition) is 1. The van der Waals surface area contributed by atoms with Gasteiger partial charge in [0.05, 0.1) is 16.8 Å². The topological polar surface area (TPSA) is 55.4 Å². The van der Waals surface area contributed by atoms with Crippen LogP contribution in [0.4, 0.5) is 0 Å². The first-order valence-corrected chi connectivity index (χ1v) is 9.06. The van der Waals surface area contributed by atoms with Crippen LogP contribution in [-0.2, 0) is 9.84 Å². The lowest BCUT2D eigenvalue weighted by Crippen LogP contribution is -2.27. The van der Waals surface area contributed by atoms with E-state index in [0.717, 1.165) is 15.8 Å². The highest BCUT2D eigenvalue weighted by Gasteiger charge is 2.17. The highest BCUT2D eigenvalue weighted by molar-refractivity contribution is 9.10. The molecule has 0 aliphatic heterocycles. The van der Waals surface area contributed by atoms with Crippen LogP contribution >= 0.6 is 15.9 Å². The fourth-order valence-electron chi connectivity index (χ4n) is 1.83. The lowest BCUT2D eigenvalue weighted by molar-refractivity contribution is 0.338.